The molecule has 1 atom stereocenters. The van der Waals surface area contributed by atoms with E-state index >= 15 is 0 Å². The summed E-state index contributed by atoms with van der Waals surface area (Å²) in [4.78, 5) is 26.9. The average molecular weight is 356 g/mol. The maximum atomic E-state index is 12.9. The normalized spacial score (nSPS) is 17.4. The first-order chi connectivity index (χ1) is 12.6. The van der Waals surface area contributed by atoms with Crippen molar-refractivity contribution in [2.45, 2.75) is 25.8 Å². The van der Waals surface area contributed by atoms with E-state index in [-0.39, 0.29) is 30.0 Å². The Kier molecular flexibility index (Phi) is 7.17. The molecular formula is C20H24N2O4. The van der Waals surface area contributed by atoms with Crippen LogP contribution in [-0.2, 0) is 9.53 Å². The summed E-state index contributed by atoms with van der Waals surface area (Å²) in [6, 6.07) is 8.38. The first-order valence-electron chi connectivity index (χ1n) is 8.53. The molecule has 2 rings (SSSR count). The largest absolute Gasteiger partial charge is 0.466 e. The van der Waals surface area contributed by atoms with Gasteiger partial charge in [-0.05, 0) is 31.9 Å². The van der Waals surface area contributed by atoms with Gasteiger partial charge in [0.2, 0.25) is 0 Å². The zero-order valence-corrected chi connectivity index (χ0v) is 14.9. The van der Waals surface area contributed by atoms with E-state index in [1.54, 1.807) is 42.2 Å². The van der Waals surface area contributed by atoms with Crippen molar-refractivity contribution in [2.75, 3.05) is 13.2 Å². The predicted molar refractivity (Wildman–Crippen MR) is 98.9 cm³/mol. The van der Waals surface area contributed by atoms with Crippen LogP contribution in [0.15, 0.2) is 66.8 Å². The SMILES string of the molecule is C=C(C=C(NC(=O)c1ccccc1)C(=O)N1CCCC1CO)OC=CC. The molecule has 6 nitrogen and oxygen atoms in total. The highest BCUT2D eigenvalue weighted by Crippen LogP contribution is 2.19. The molecule has 0 aromatic heterocycles. The van der Waals surface area contributed by atoms with Gasteiger partial charge < -0.3 is 20.1 Å². The number of benzene rings is 1. The van der Waals surface area contributed by atoms with Crippen molar-refractivity contribution in [1.29, 1.82) is 0 Å². The molecule has 26 heavy (non-hydrogen) atoms. The lowest BCUT2D eigenvalue weighted by Gasteiger charge is -2.24. The summed E-state index contributed by atoms with van der Waals surface area (Å²) >= 11 is 0. The zero-order valence-electron chi connectivity index (χ0n) is 14.9. The zero-order chi connectivity index (χ0) is 18.9. The number of aliphatic hydroxyl groups is 1. The van der Waals surface area contributed by atoms with E-state index in [4.69, 9.17) is 4.74 Å². The Balaban J connectivity index is 2.23. The van der Waals surface area contributed by atoms with Crippen molar-refractivity contribution in [2.24, 2.45) is 0 Å². The standard InChI is InChI=1S/C20H24N2O4/c1-3-12-26-15(2)13-18(20(25)22-11-7-10-17(22)14-23)21-19(24)16-8-5-4-6-9-16/h3-6,8-9,12-13,17,23H,2,7,10-11,14H2,1H3,(H,21,24). The van der Waals surface area contributed by atoms with E-state index in [1.165, 1.54) is 12.3 Å². The number of nitrogens with zero attached hydrogens (tertiary/aromatic N) is 1. The van der Waals surface area contributed by atoms with Crippen LogP contribution in [-0.4, -0.2) is 41.0 Å². The third-order valence-electron chi connectivity index (χ3n) is 4.02. The van der Waals surface area contributed by atoms with E-state index in [9.17, 15) is 14.7 Å². The molecule has 0 bridgehead atoms. The number of carbonyl (C=O) groups is 2. The number of rotatable bonds is 7. The summed E-state index contributed by atoms with van der Waals surface area (Å²) in [6.07, 6.45) is 6.07. The highest BCUT2D eigenvalue weighted by molar-refractivity contribution is 6.03. The summed E-state index contributed by atoms with van der Waals surface area (Å²) in [6.45, 7) is 5.95. The quantitative estimate of drug-likeness (QED) is 0.447. The van der Waals surface area contributed by atoms with Crippen molar-refractivity contribution in [3.05, 3.63) is 72.3 Å². The number of carbonyl (C=O) groups excluding carboxylic acids is 2. The van der Waals surface area contributed by atoms with Gasteiger partial charge in [-0.2, -0.15) is 0 Å². The Morgan fingerprint density at radius 1 is 1.38 bits per heavy atom. The third kappa shape index (κ3) is 5.07. The lowest BCUT2D eigenvalue weighted by atomic mass is 10.2. The van der Waals surface area contributed by atoms with Gasteiger partial charge in [-0.25, -0.2) is 0 Å². The second-order valence-electron chi connectivity index (χ2n) is 5.91. The molecular weight excluding hydrogens is 332 g/mol. The number of hydrogen-bond donors (Lipinski definition) is 2. The fourth-order valence-corrected chi connectivity index (χ4v) is 2.73. The number of ether oxygens (including phenoxy) is 1. The van der Waals surface area contributed by atoms with Gasteiger partial charge in [-0.1, -0.05) is 30.9 Å². The van der Waals surface area contributed by atoms with E-state index < -0.39 is 5.91 Å². The second-order valence-corrected chi connectivity index (χ2v) is 5.91. The number of likely N-dealkylation sites (tertiary alicyclic amines) is 1. The molecule has 1 saturated heterocycles. The Bertz CT molecular complexity index is 710. The molecule has 0 saturated carbocycles. The predicted octanol–water partition coefficient (Wildman–Crippen LogP) is 2.35. The summed E-state index contributed by atoms with van der Waals surface area (Å²) in [7, 11) is 0. The molecule has 1 unspecified atom stereocenters. The number of nitrogens with one attached hydrogen (secondary N) is 1. The molecule has 1 aromatic carbocycles. The Morgan fingerprint density at radius 3 is 2.77 bits per heavy atom. The minimum absolute atomic E-state index is 0.0636. The molecule has 0 spiro atoms. The smallest absolute Gasteiger partial charge is 0.270 e. The molecule has 1 fully saturated rings. The van der Waals surface area contributed by atoms with Crippen LogP contribution in [0.25, 0.3) is 0 Å². The van der Waals surface area contributed by atoms with Gasteiger partial charge in [0, 0.05) is 18.2 Å². The first-order valence-corrected chi connectivity index (χ1v) is 8.53. The highest BCUT2D eigenvalue weighted by atomic mass is 16.5. The number of hydrogen-bond acceptors (Lipinski definition) is 4. The van der Waals surface area contributed by atoms with Crippen LogP contribution in [0.5, 0.6) is 0 Å². The molecule has 6 heteroatoms. The molecule has 1 aromatic rings. The van der Waals surface area contributed by atoms with Crippen LogP contribution in [0, 0.1) is 0 Å². The molecule has 1 aliphatic heterocycles. The molecule has 2 N–H and O–H groups in total. The minimum Gasteiger partial charge on any atom is -0.466 e. The lowest BCUT2D eigenvalue weighted by molar-refractivity contribution is -0.129. The topological polar surface area (TPSA) is 78.9 Å². The maximum absolute atomic E-state index is 12.9. The molecule has 1 heterocycles. The first kappa shape index (κ1) is 19.5. The van der Waals surface area contributed by atoms with Gasteiger partial charge in [-0.15, -0.1) is 0 Å². The number of allylic oxidation sites excluding steroid dienone is 2. The van der Waals surface area contributed by atoms with Crippen LogP contribution in [0.4, 0.5) is 0 Å². The van der Waals surface area contributed by atoms with Gasteiger partial charge in [-0.3, -0.25) is 9.59 Å². The number of amides is 2. The Labute approximate surface area is 153 Å². The molecule has 2 amide bonds. The van der Waals surface area contributed by atoms with Gasteiger partial charge in [0.15, 0.2) is 0 Å². The van der Waals surface area contributed by atoms with Crippen LogP contribution < -0.4 is 5.32 Å². The molecule has 0 aliphatic carbocycles. The minimum atomic E-state index is -0.399. The van der Waals surface area contributed by atoms with Crippen LogP contribution in [0.3, 0.4) is 0 Å². The summed E-state index contributed by atoms with van der Waals surface area (Å²) in [5.74, 6) is -0.542. The Morgan fingerprint density at radius 2 is 2.12 bits per heavy atom. The van der Waals surface area contributed by atoms with Crippen LogP contribution in [0.1, 0.15) is 30.1 Å². The summed E-state index contributed by atoms with van der Waals surface area (Å²) in [5, 5.41) is 12.1. The third-order valence-corrected chi connectivity index (χ3v) is 4.02. The van der Waals surface area contributed by atoms with E-state index in [0.717, 1.165) is 12.8 Å². The van der Waals surface area contributed by atoms with Gasteiger partial charge in [0.1, 0.15) is 11.5 Å². The maximum Gasteiger partial charge on any atom is 0.270 e. The van der Waals surface area contributed by atoms with E-state index in [0.29, 0.717) is 12.1 Å². The molecule has 138 valence electrons. The van der Waals surface area contributed by atoms with Crippen molar-refractivity contribution < 1.29 is 19.4 Å². The summed E-state index contributed by atoms with van der Waals surface area (Å²) in [5.41, 5.74) is 0.500. The second kappa shape index (κ2) is 9.58. The van der Waals surface area contributed by atoms with Crippen LogP contribution >= 0.6 is 0 Å². The van der Waals surface area contributed by atoms with Crippen molar-refractivity contribution >= 4 is 11.8 Å². The van der Waals surface area contributed by atoms with Gasteiger partial charge >= 0.3 is 0 Å². The van der Waals surface area contributed by atoms with Crippen LogP contribution in [0.2, 0.25) is 0 Å². The van der Waals surface area contributed by atoms with Gasteiger partial charge in [0.25, 0.3) is 11.8 Å². The fraction of sp³-hybridized carbons (Fsp3) is 0.300. The van der Waals surface area contributed by atoms with Crippen molar-refractivity contribution in [3.8, 4) is 0 Å². The fourth-order valence-electron chi connectivity index (χ4n) is 2.73. The van der Waals surface area contributed by atoms with E-state index in [2.05, 4.69) is 11.9 Å². The molecule has 1 aliphatic rings. The Hall–Kier alpha value is -2.86. The lowest BCUT2D eigenvalue weighted by Crippen LogP contribution is -2.42. The molecule has 0 radical (unpaired) electrons. The van der Waals surface area contributed by atoms with E-state index in [1.807, 2.05) is 6.07 Å². The average Bonchev–Trinajstić information content (AvgIpc) is 3.14. The summed E-state index contributed by atoms with van der Waals surface area (Å²) < 4.78 is 5.25. The monoisotopic (exact) mass is 356 g/mol. The highest BCUT2D eigenvalue weighted by Gasteiger charge is 2.30. The van der Waals surface area contributed by atoms with Crippen molar-refractivity contribution in [3.63, 3.8) is 0 Å². The van der Waals surface area contributed by atoms with Gasteiger partial charge in [0.05, 0.1) is 18.9 Å². The van der Waals surface area contributed by atoms with Crippen molar-refractivity contribution in [1.82, 2.24) is 10.2 Å². The number of aliphatic hydroxyl groups excluding tert-OH is 1.